The summed E-state index contributed by atoms with van der Waals surface area (Å²) in [6.45, 7) is 12.7. The SMILES string of the molecule is CCOC(=O)C1=NN(c2ccccc2)C(=O)C1=C1Sc2c(OC(=O)C3CCC(OC(=O)C4CCC(C(=O)OC(C)(C)C)CC4)CC3)ccc(OC(=O)C3CCC(OC(=O)C4CCC(C(=O)OC(C)(C)C)CC4)CC3)c2S1. The first-order valence-electron chi connectivity index (χ1n) is 26.9. The molecule has 8 rings (SSSR count). The molecule has 0 aromatic heterocycles. The van der Waals surface area contributed by atoms with E-state index in [2.05, 4.69) is 5.10 Å². The summed E-state index contributed by atoms with van der Waals surface area (Å²) in [6.07, 6.45) is 7.20. The number of hydrogen-bond donors (Lipinski definition) is 0. The molecule has 4 fully saturated rings. The number of hydrogen-bond acceptors (Lipinski definition) is 18. The smallest absolute Gasteiger partial charge is 0.359 e. The van der Waals surface area contributed by atoms with E-state index in [0.717, 1.165) is 28.5 Å². The van der Waals surface area contributed by atoms with Gasteiger partial charge in [-0.2, -0.15) is 10.1 Å². The molecule has 0 bridgehead atoms. The predicted molar refractivity (Wildman–Crippen MR) is 281 cm³/mol. The first-order valence-corrected chi connectivity index (χ1v) is 28.5. The highest BCUT2D eigenvalue weighted by Gasteiger charge is 2.44. The summed E-state index contributed by atoms with van der Waals surface area (Å²) < 4.78 is 41.0. The van der Waals surface area contributed by atoms with E-state index in [0.29, 0.717) is 122 Å². The van der Waals surface area contributed by atoms with E-state index >= 15 is 0 Å². The van der Waals surface area contributed by atoms with Crippen LogP contribution in [0.15, 0.2) is 67.2 Å². The predicted octanol–water partition coefficient (Wildman–Crippen LogP) is 10.4. The largest absolute Gasteiger partial charge is 0.462 e. The van der Waals surface area contributed by atoms with Gasteiger partial charge in [0.15, 0.2) is 5.71 Å². The van der Waals surface area contributed by atoms with Crippen LogP contribution in [0.1, 0.15) is 151 Å². The Morgan fingerprint density at radius 1 is 0.526 bits per heavy atom. The average Bonchev–Trinajstić information content (AvgIpc) is 3.99. The summed E-state index contributed by atoms with van der Waals surface area (Å²) in [5, 5.41) is 5.56. The Kier molecular flexibility index (Phi) is 18.1. The zero-order valence-corrected chi connectivity index (χ0v) is 46.1. The maximum Gasteiger partial charge on any atom is 0.359 e. The summed E-state index contributed by atoms with van der Waals surface area (Å²) in [5.41, 5.74) is -0.941. The zero-order valence-electron chi connectivity index (χ0n) is 44.5. The molecule has 2 heterocycles. The number of carbonyl (C=O) groups is 8. The van der Waals surface area contributed by atoms with Crippen LogP contribution in [0, 0.1) is 35.5 Å². The second-order valence-electron chi connectivity index (χ2n) is 22.5. The van der Waals surface area contributed by atoms with Gasteiger partial charge in [0.05, 0.1) is 67.4 Å². The minimum absolute atomic E-state index is 0.0176. The Balaban J connectivity index is 0.918. The Labute approximate surface area is 452 Å². The molecule has 19 heteroatoms. The number of amides is 1. The van der Waals surface area contributed by atoms with Crippen molar-refractivity contribution in [2.45, 2.75) is 184 Å². The lowest BCUT2D eigenvalue weighted by atomic mass is 9.82. The summed E-state index contributed by atoms with van der Waals surface area (Å²) in [4.78, 5) is 108. The third-order valence-corrected chi connectivity index (χ3v) is 17.2. The van der Waals surface area contributed by atoms with Crippen molar-refractivity contribution in [3.63, 3.8) is 0 Å². The van der Waals surface area contributed by atoms with Gasteiger partial charge >= 0.3 is 41.8 Å². The number of hydrazone groups is 1. The van der Waals surface area contributed by atoms with Crippen molar-refractivity contribution in [3.05, 3.63) is 52.3 Å². The van der Waals surface area contributed by atoms with E-state index in [1.165, 1.54) is 0 Å². The second-order valence-corrected chi connectivity index (χ2v) is 24.8. The van der Waals surface area contributed by atoms with E-state index < -0.39 is 46.9 Å². The molecule has 0 unspecified atom stereocenters. The fraction of sp³-hybridized carbons (Fsp3) is 0.596. The van der Waals surface area contributed by atoms with Crippen LogP contribution in [0.25, 0.3) is 0 Å². The Hall–Kier alpha value is -5.69. The lowest BCUT2D eigenvalue weighted by Crippen LogP contribution is -2.34. The molecule has 4 saturated carbocycles. The van der Waals surface area contributed by atoms with Crippen LogP contribution in [-0.4, -0.2) is 83.4 Å². The molecule has 2 aliphatic heterocycles. The van der Waals surface area contributed by atoms with Gasteiger partial charge in [-0.15, -0.1) is 0 Å². The number of thioether (sulfide) groups is 2. The number of benzene rings is 2. The molecule has 410 valence electrons. The molecule has 17 nitrogen and oxygen atoms in total. The summed E-state index contributed by atoms with van der Waals surface area (Å²) in [7, 11) is 0. The number of carbonyl (C=O) groups excluding carboxylic acids is 8. The Bertz CT molecular complexity index is 2480. The normalized spacial score (nSPS) is 25.9. The van der Waals surface area contributed by atoms with Crippen LogP contribution in [0.3, 0.4) is 0 Å². The van der Waals surface area contributed by atoms with Crippen molar-refractivity contribution >= 4 is 82.6 Å². The van der Waals surface area contributed by atoms with Gasteiger partial charge in [0.2, 0.25) is 0 Å². The van der Waals surface area contributed by atoms with Gasteiger partial charge in [0, 0.05) is 0 Å². The first-order chi connectivity index (χ1) is 36.1. The van der Waals surface area contributed by atoms with Crippen LogP contribution >= 0.6 is 23.5 Å². The van der Waals surface area contributed by atoms with Crippen LogP contribution in [-0.2, 0) is 62.0 Å². The zero-order chi connectivity index (χ0) is 54.5. The summed E-state index contributed by atoms with van der Waals surface area (Å²) >= 11 is 2.19. The molecular weight excluding hydrogens is 1020 g/mol. The minimum atomic E-state index is -0.800. The van der Waals surface area contributed by atoms with Gasteiger partial charge in [-0.25, -0.2) is 4.79 Å². The standard InChI is InChI=1S/C57H70N2O15S2/c1-8-68-54(67)44-43(47(60)59(58-44)38-12-10-9-11-13-38)55-75-45-41(71-50(63)34-22-26-39(27-23-34)69-48(61)32-14-18-36(19-15-32)52(65)73-56(2,3)4)30-31-42(46(45)76-55)72-51(64)35-24-28-40(29-25-35)70-49(62)33-16-20-37(21-17-33)53(66)74-57(5,6)7/h9-13,30-37,39-40H,8,14-29H2,1-7H3. The quantitative estimate of drug-likeness (QED) is 0.0788. The van der Waals surface area contributed by atoms with Gasteiger partial charge < -0.3 is 33.2 Å². The van der Waals surface area contributed by atoms with Crippen molar-refractivity contribution < 1.29 is 71.5 Å². The summed E-state index contributed by atoms with van der Waals surface area (Å²) in [6, 6.07) is 11.8. The van der Waals surface area contributed by atoms with Crippen molar-refractivity contribution in [1.29, 1.82) is 0 Å². The molecule has 0 N–H and O–H groups in total. The first kappa shape index (κ1) is 56.5. The van der Waals surface area contributed by atoms with E-state index in [9.17, 15) is 38.4 Å². The number of nitrogens with zero attached hydrogens (tertiary/aromatic N) is 2. The van der Waals surface area contributed by atoms with Crippen molar-refractivity contribution in [1.82, 2.24) is 0 Å². The molecular formula is C57H70N2O15S2. The molecule has 4 aliphatic carbocycles. The van der Waals surface area contributed by atoms with Crippen molar-refractivity contribution in [3.8, 4) is 11.5 Å². The highest BCUT2D eigenvalue weighted by molar-refractivity contribution is 8.25. The molecule has 76 heavy (non-hydrogen) atoms. The number of ether oxygens (including phenoxy) is 7. The van der Waals surface area contributed by atoms with E-state index in [4.69, 9.17) is 33.2 Å². The molecule has 2 aromatic rings. The fourth-order valence-electron chi connectivity index (χ4n) is 10.5. The number of para-hydroxylation sites is 1. The monoisotopic (exact) mass is 1090 g/mol. The molecule has 0 saturated heterocycles. The van der Waals surface area contributed by atoms with Crippen molar-refractivity contribution in [2.24, 2.45) is 40.6 Å². The highest BCUT2D eigenvalue weighted by atomic mass is 32.2. The molecule has 6 aliphatic rings. The molecule has 0 atom stereocenters. The average molecular weight is 1090 g/mol. The molecule has 0 spiro atoms. The van der Waals surface area contributed by atoms with Gasteiger partial charge in [-0.3, -0.25) is 33.6 Å². The second kappa shape index (κ2) is 24.3. The third-order valence-electron chi connectivity index (χ3n) is 14.5. The van der Waals surface area contributed by atoms with Gasteiger partial charge in [0.1, 0.15) is 34.9 Å². The lowest BCUT2D eigenvalue weighted by molar-refractivity contribution is -0.165. The number of rotatable bonds is 13. The molecule has 0 radical (unpaired) electrons. The van der Waals surface area contributed by atoms with E-state index in [1.54, 1.807) is 49.4 Å². The Morgan fingerprint density at radius 3 is 1.28 bits per heavy atom. The van der Waals surface area contributed by atoms with Gasteiger partial charge in [0.25, 0.3) is 5.91 Å². The number of anilines is 1. The fourth-order valence-corrected chi connectivity index (χ4v) is 13.2. The minimum Gasteiger partial charge on any atom is -0.462 e. The topological polar surface area (TPSA) is 217 Å². The highest BCUT2D eigenvalue weighted by Crippen LogP contribution is 2.60. The maximum atomic E-state index is 14.3. The van der Waals surface area contributed by atoms with Crippen LogP contribution in [0.4, 0.5) is 5.69 Å². The number of fused-ring (bicyclic) bond motifs is 1. The maximum absolute atomic E-state index is 14.3. The molecule has 1 amide bonds. The van der Waals surface area contributed by atoms with Gasteiger partial charge in [-0.1, -0.05) is 41.7 Å². The van der Waals surface area contributed by atoms with E-state index in [1.807, 2.05) is 41.5 Å². The van der Waals surface area contributed by atoms with Crippen LogP contribution in [0.2, 0.25) is 0 Å². The summed E-state index contributed by atoms with van der Waals surface area (Å²) in [5.74, 6) is -5.14. The van der Waals surface area contributed by atoms with Crippen LogP contribution < -0.4 is 14.5 Å². The number of esters is 7. The molecule has 2 aromatic carbocycles. The third kappa shape index (κ3) is 14.1. The lowest BCUT2D eigenvalue weighted by Gasteiger charge is -2.31. The Morgan fingerprint density at radius 2 is 0.895 bits per heavy atom. The van der Waals surface area contributed by atoms with Crippen LogP contribution in [0.5, 0.6) is 11.5 Å². The van der Waals surface area contributed by atoms with Gasteiger partial charge in [-0.05, 0) is 175 Å². The van der Waals surface area contributed by atoms with Crippen molar-refractivity contribution in [2.75, 3.05) is 11.6 Å². The van der Waals surface area contributed by atoms with E-state index in [-0.39, 0.29) is 89.1 Å².